The number of benzene rings is 2. The molecule has 0 aliphatic carbocycles. The van der Waals surface area contributed by atoms with Gasteiger partial charge in [-0.05, 0) is 48.1 Å². The van der Waals surface area contributed by atoms with Gasteiger partial charge in [0.2, 0.25) is 5.91 Å². The number of amides is 1. The van der Waals surface area contributed by atoms with Gasteiger partial charge in [0.15, 0.2) is 0 Å². The molecule has 2 rings (SSSR count). The van der Waals surface area contributed by atoms with E-state index < -0.39 is 0 Å². The van der Waals surface area contributed by atoms with Gasteiger partial charge in [-0.2, -0.15) is 0 Å². The molecule has 3 atom stereocenters. The Morgan fingerprint density at radius 3 is 2.29 bits per heavy atom. The van der Waals surface area contributed by atoms with Gasteiger partial charge in [-0.3, -0.25) is 4.79 Å². The molecule has 0 aliphatic heterocycles. The van der Waals surface area contributed by atoms with Crippen LogP contribution in [0.2, 0.25) is 0 Å². The highest BCUT2D eigenvalue weighted by molar-refractivity contribution is 5.79. The molecule has 0 saturated heterocycles. The maximum absolute atomic E-state index is 12.7. The van der Waals surface area contributed by atoms with E-state index in [-0.39, 0.29) is 11.9 Å². The Morgan fingerprint density at radius 2 is 1.65 bits per heavy atom. The summed E-state index contributed by atoms with van der Waals surface area (Å²) in [7, 11) is 0. The minimum atomic E-state index is -0.0756. The predicted octanol–water partition coefficient (Wildman–Crippen LogP) is 5.54. The zero-order valence-electron chi connectivity index (χ0n) is 19.7. The van der Waals surface area contributed by atoms with E-state index in [0.29, 0.717) is 24.8 Å². The zero-order valence-corrected chi connectivity index (χ0v) is 19.7. The van der Waals surface area contributed by atoms with Gasteiger partial charge >= 0.3 is 0 Å². The molecule has 1 amide bonds. The first-order valence-electron chi connectivity index (χ1n) is 11.8. The largest absolute Gasteiger partial charge is 0.493 e. The summed E-state index contributed by atoms with van der Waals surface area (Å²) in [5.74, 6) is 2.09. The maximum atomic E-state index is 12.7. The lowest BCUT2D eigenvalue weighted by Crippen LogP contribution is -2.37. The van der Waals surface area contributed by atoms with Crippen molar-refractivity contribution >= 4 is 5.91 Å². The molecule has 4 heteroatoms. The fourth-order valence-corrected chi connectivity index (χ4v) is 3.51. The summed E-state index contributed by atoms with van der Waals surface area (Å²) < 4.78 is 5.94. The average molecular weight is 425 g/mol. The molecule has 0 radical (unpaired) electrons. The molecule has 0 saturated carbocycles. The SMILES string of the molecule is CCCC(C)COc1ccc(C(CNCC(C)CC)NC(=O)Cc2ccccc2)cc1. The summed E-state index contributed by atoms with van der Waals surface area (Å²) >= 11 is 0. The predicted molar refractivity (Wildman–Crippen MR) is 129 cm³/mol. The van der Waals surface area contributed by atoms with E-state index in [1.54, 1.807) is 0 Å². The van der Waals surface area contributed by atoms with Crippen LogP contribution in [0, 0.1) is 11.8 Å². The molecular formula is C27H40N2O2. The van der Waals surface area contributed by atoms with Gasteiger partial charge in [-0.15, -0.1) is 0 Å². The van der Waals surface area contributed by atoms with Gasteiger partial charge in [0.05, 0.1) is 19.1 Å². The van der Waals surface area contributed by atoms with Crippen LogP contribution < -0.4 is 15.4 Å². The second-order valence-electron chi connectivity index (χ2n) is 8.73. The summed E-state index contributed by atoms with van der Waals surface area (Å²) in [4.78, 5) is 12.7. The molecule has 2 aromatic carbocycles. The Morgan fingerprint density at radius 1 is 0.935 bits per heavy atom. The Bertz CT molecular complexity index is 746. The van der Waals surface area contributed by atoms with Gasteiger partial charge < -0.3 is 15.4 Å². The molecule has 0 aliphatic rings. The first-order chi connectivity index (χ1) is 15.0. The summed E-state index contributed by atoms with van der Waals surface area (Å²) in [5, 5.41) is 6.74. The van der Waals surface area contributed by atoms with Crippen molar-refractivity contribution in [3.05, 3.63) is 65.7 Å². The number of hydrogen-bond acceptors (Lipinski definition) is 3. The summed E-state index contributed by atoms with van der Waals surface area (Å²) in [6.07, 6.45) is 3.88. The van der Waals surface area contributed by atoms with Crippen molar-refractivity contribution in [3.8, 4) is 5.75 Å². The van der Waals surface area contributed by atoms with Crippen molar-refractivity contribution in [2.24, 2.45) is 11.8 Å². The Hall–Kier alpha value is -2.33. The topological polar surface area (TPSA) is 50.4 Å². The van der Waals surface area contributed by atoms with Crippen molar-refractivity contribution in [1.29, 1.82) is 0 Å². The Balaban J connectivity index is 2.00. The third kappa shape index (κ3) is 9.56. The quantitative estimate of drug-likeness (QED) is 0.419. The average Bonchev–Trinajstić information content (AvgIpc) is 2.78. The van der Waals surface area contributed by atoms with Crippen LogP contribution in [-0.2, 0) is 11.2 Å². The number of carbonyl (C=O) groups excluding carboxylic acids is 1. The Kier molecular flexibility index (Phi) is 11.2. The summed E-state index contributed by atoms with van der Waals surface area (Å²) in [5.41, 5.74) is 2.11. The number of carbonyl (C=O) groups is 1. The van der Waals surface area contributed by atoms with Crippen LogP contribution in [0.15, 0.2) is 54.6 Å². The molecule has 31 heavy (non-hydrogen) atoms. The van der Waals surface area contributed by atoms with Crippen molar-refractivity contribution in [3.63, 3.8) is 0 Å². The van der Waals surface area contributed by atoms with Crippen LogP contribution in [0.1, 0.15) is 64.1 Å². The van der Waals surface area contributed by atoms with E-state index in [9.17, 15) is 4.79 Å². The summed E-state index contributed by atoms with van der Waals surface area (Å²) in [6.45, 7) is 11.2. The molecule has 0 fully saturated rings. The second kappa shape index (κ2) is 13.9. The van der Waals surface area contributed by atoms with E-state index in [1.165, 1.54) is 12.8 Å². The zero-order chi connectivity index (χ0) is 22.5. The molecule has 0 heterocycles. The molecule has 170 valence electrons. The standard InChI is InChI=1S/C27H40N2O2/c1-5-10-22(4)20-31-25-15-13-24(14-16-25)26(19-28-18-21(3)6-2)29-27(30)17-23-11-8-7-9-12-23/h7-9,11-16,21-22,26,28H,5-6,10,17-20H2,1-4H3,(H,29,30). The van der Waals surface area contributed by atoms with Gasteiger partial charge in [0.1, 0.15) is 5.75 Å². The van der Waals surface area contributed by atoms with Crippen molar-refractivity contribution in [1.82, 2.24) is 10.6 Å². The lowest BCUT2D eigenvalue weighted by Gasteiger charge is -2.22. The van der Waals surface area contributed by atoms with Crippen molar-refractivity contribution in [2.45, 2.75) is 59.4 Å². The normalized spacial score (nSPS) is 13.9. The number of nitrogens with one attached hydrogen (secondary N) is 2. The van der Waals surface area contributed by atoms with E-state index in [2.05, 4.69) is 50.5 Å². The van der Waals surface area contributed by atoms with Crippen LogP contribution >= 0.6 is 0 Å². The van der Waals surface area contributed by atoms with Crippen LogP contribution in [0.5, 0.6) is 5.75 Å². The number of rotatable bonds is 14. The minimum Gasteiger partial charge on any atom is -0.493 e. The second-order valence-corrected chi connectivity index (χ2v) is 8.73. The van der Waals surface area contributed by atoms with Gasteiger partial charge in [0.25, 0.3) is 0 Å². The van der Waals surface area contributed by atoms with Crippen LogP contribution in [0.3, 0.4) is 0 Å². The molecule has 2 N–H and O–H groups in total. The number of ether oxygens (including phenoxy) is 1. The van der Waals surface area contributed by atoms with E-state index in [0.717, 1.165) is 36.4 Å². The maximum Gasteiger partial charge on any atom is 0.224 e. The summed E-state index contributed by atoms with van der Waals surface area (Å²) in [6, 6.07) is 18.0. The fourth-order valence-electron chi connectivity index (χ4n) is 3.51. The van der Waals surface area contributed by atoms with Crippen LogP contribution in [0.25, 0.3) is 0 Å². The van der Waals surface area contributed by atoms with Gasteiger partial charge in [0, 0.05) is 6.54 Å². The van der Waals surface area contributed by atoms with Crippen molar-refractivity contribution < 1.29 is 9.53 Å². The van der Waals surface area contributed by atoms with Gasteiger partial charge in [-0.25, -0.2) is 0 Å². The Labute approximate surface area is 188 Å². The molecule has 0 bridgehead atoms. The first-order valence-corrected chi connectivity index (χ1v) is 11.8. The molecule has 0 spiro atoms. The van der Waals surface area contributed by atoms with E-state index in [4.69, 9.17) is 4.74 Å². The number of hydrogen-bond donors (Lipinski definition) is 2. The highest BCUT2D eigenvalue weighted by Crippen LogP contribution is 2.19. The van der Waals surface area contributed by atoms with Crippen LogP contribution in [0.4, 0.5) is 0 Å². The molecule has 0 aromatic heterocycles. The highest BCUT2D eigenvalue weighted by atomic mass is 16.5. The third-order valence-electron chi connectivity index (χ3n) is 5.68. The monoisotopic (exact) mass is 424 g/mol. The molecule has 3 unspecified atom stereocenters. The smallest absolute Gasteiger partial charge is 0.224 e. The first kappa shape index (κ1) is 24.9. The lowest BCUT2D eigenvalue weighted by molar-refractivity contribution is -0.121. The van der Waals surface area contributed by atoms with E-state index >= 15 is 0 Å². The molecule has 4 nitrogen and oxygen atoms in total. The van der Waals surface area contributed by atoms with Crippen LogP contribution in [-0.4, -0.2) is 25.6 Å². The molecule has 2 aromatic rings. The van der Waals surface area contributed by atoms with E-state index in [1.807, 2.05) is 42.5 Å². The van der Waals surface area contributed by atoms with Gasteiger partial charge in [-0.1, -0.05) is 83.0 Å². The highest BCUT2D eigenvalue weighted by Gasteiger charge is 2.16. The fraction of sp³-hybridized carbons (Fsp3) is 0.519. The molecular weight excluding hydrogens is 384 g/mol. The minimum absolute atomic E-state index is 0.0373. The van der Waals surface area contributed by atoms with Crippen molar-refractivity contribution in [2.75, 3.05) is 19.7 Å². The third-order valence-corrected chi connectivity index (χ3v) is 5.68. The lowest BCUT2D eigenvalue weighted by atomic mass is 10.0.